The van der Waals surface area contributed by atoms with Crippen molar-refractivity contribution < 1.29 is 13.7 Å². The van der Waals surface area contributed by atoms with Gasteiger partial charge in [0.05, 0.1) is 6.54 Å². The van der Waals surface area contributed by atoms with Crippen LogP contribution in [0.5, 0.6) is 0 Å². The van der Waals surface area contributed by atoms with Crippen LogP contribution in [-0.2, 0) is 6.54 Å². The molecule has 2 heterocycles. The van der Waals surface area contributed by atoms with Crippen LogP contribution < -0.4 is 5.32 Å². The summed E-state index contributed by atoms with van der Waals surface area (Å²) >= 11 is 0. The number of carbonyl (C=O) groups is 1. The first-order chi connectivity index (χ1) is 15.0. The van der Waals surface area contributed by atoms with Crippen molar-refractivity contribution in [3.05, 3.63) is 65.7 Å². The van der Waals surface area contributed by atoms with Crippen LogP contribution in [0, 0.1) is 5.82 Å². The summed E-state index contributed by atoms with van der Waals surface area (Å²) in [6.45, 7) is 7.46. The van der Waals surface area contributed by atoms with Gasteiger partial charge < -0.3 is 14.7 Å². The lowest BCUT2D eigenvalue weighted by molar-refractivity contribution is 0.140. The Balaban J connectivity index is 1.27. The third kappa shape index (κ3) is 5.27. The molecule has 1 fully saturated rings. The van der Waals surface area contributed by atoms with E-state index in [0.717, 1.165) is 5.69 Å². The predicted octanol–water partition coefficient (Wildman–Crippen LogP) is 4.35. The highest BCUT2D eigenvalue weighted by Gasteiger charge is 2.22. The molecule has 3 aromatic rings. The normalized spacial score (nSPS) is 14.8. The molecule has 0 bridgehead atoms. The average molecular weight is 423 g/mol. The molecular formula is C23H26FN5O2. The Morgan fingerprint density at radius 2 is 1.87 bits per heavy atom. The monoisotopic (exact) mass is 423 g/mol. The zero-order valence-corrected chi connectivity index (χ0v) is 17.7. The van der Waals surface area contributed by atoms with E-state index in [0.29, 0.717) is 55.9 Å². The number of benzene rings is 2. The van der Waals surface area contributed by atoms with Crippen LogP contribution in [0.25, 0.3) is 11.5 Å². The largest absolute Gasteiger partial charge is 0.334 e. The number of nitrogens with one attached hydrogen (secondary N) is 1. The van der Waals surface area contributed by atoms with Crippen LogP contribution >= 0.6 is 0 Å². The van der Waals surface area contributed by atoms with Gasteiger partial charge in [0.2, 0.25) is 0 Å². The Morgan fingerprint density at radius 1 is 1.13 bits per heavy atom. The van der Waals surface area contributed by atoms with Crippen LogP contribution in [0.2, 0.25) is 0 Å². The first-order valence-electron chi connectivity index (χ1n) is 10.4. The van der Waals surface area contributed by atoms with Gasteiger partial charge >= 0.3 is 6.03 Å². The standard InChI is InChI=1S/C23H26FN5O2/c1-16(2)17-6-8-20(9-7-17)25-23(30)29-12-10-28(11-13-29)15-21-26-22(31-27-21)18-4-3-5-19(24)14-18/h3-9,14,16H,10-13,15H2,1-2H3,(H,25,30). The number of piperazine rings is 1. The van der Waals surface area contributed by atoms with E-state index in [-0.39, 0.29) is 11.8 Å². The second-order valence-electron chi connectivity index (χ2n) is 8.00. The Hall–Kier alpha value is -3.26. The molecule has 2 aromatic carbocycles. The molecule has 8 heteroatoms. The Kier molecular flexibility index (Phi) is 6.27. The molecule has 162 valence electrons. The number of amides is 2. The number of nitrogens with zero attached hydrogens (tertiary/aromatic N) is 4. The van der Waals surface area contributed by atoms with E-state index in [1.165, 1.54) is 17.7 Å². The fraction of sp³-hybridized carbons (Fsp3) is 0.348. The number of aromatic nitrogens is 2. The molecule has 1 aliphatic rings. The van der Waals surface area contributed by atoms with Crippen molar-refractivity contribution in [1.82, 2.24) is 19.9 Å². The quantitative estimate of drug-likeness (QED) is 0.660. The molecule has 1 N–H and O–H groups in total. The van der Waals surface area contributed by atoms with Gasteiger partial charge in [0, 0.05) is 37.4 Å². The lowest BCUT2D eigenvalue weighted by Crippen LogP contribution is -2.49. The molecule has 0 spiro atoms. The van der Waals surface area contributed by atoms with E-state index in [4.69, 9.17) is 4.52 Å². The minimum absolute atomic E-state index is 0.0927. The van der Waals surface area contributed by atoms with E-state index >= 15 is 0 Å². The number of hydrogen-bond acceptors (Lipinski definition) is 5. The van der Waals surface area contributed by atoms with Crippen molar-refractivity contribution >= 4 is 11.7 Å². The molecule has 0 aliphatic carbocycles. The zero-order valence-electron chi connectivity index (χ0n) is 17.7. The summed E-state index contributed by atoms with van der Waals surface area (Å²) in [4.78, 5) is 20.9. The second-order valence-corrected chi connectivity index (χ2v) is 8.00. The van der Waals surface area contributed by atoms with Gasteiger partial charge in [-0.05, 0) is 41.8 Å². The van der Waals surface area contributed by atoms with Crippen molar-refractivity contribution in [2.24, 2.45) is 0 Å². The van der Waals surface area contributed by atoms with Crippen molar-refractivity contribution in [1.29, 1.82) is 0 Å². The van der Waals surface area contributed by atoms with Gasteiger partial charge in [-0.15, -0.1) is 0 Å². The Labute approximate surface area is 180 Å². The second kappa shape index (κ2) is 9.26. The summed E-state index contributed by atoms with van der Waals surface area (Å²) in [5.41, 5.74) is 2.60. The number of rotatable bonds is 5. The van der Waals surface area contributed by atoms with Gasteiger partial charge in [0.15, 0.2) is 5.82 Å². The number of urea groups is 1. The lowest BCUT2D eigenvalue weighted by Gasteiger charge is -2.34. The minimum atomic E-state index is -0.345. The number of hydrogen-bond donors (Lipinski definition) is 1. The topological polar surface area (TPSA) is 74.5 Å². The third-order valence-corrected chi connectivity index (χ3v) is 5.39. The van der Waals surface area contributed by atoms with Gasteiger partial charge in [0.1, 0.15) is 5.82 Å². The molecule has 4 rings (SSSR count). The van der Waals surface area contributed by atoms with Crippen molar-refractivity contribution in [3.8, 4) is 11.5 Å². The van der Waals surface area contributed by atoms with Crippen LogP contribution in [0.1, 0.15) is 31.2 Å². The van der Waals surface area contributed by atoms with E-state index in [1.807, 2.05) is 24.3 Å². The Bertz CT molecular complexity index is 1030. The summed E-state index contributed by atoms with van der Waals surface area (Å²) in [5.74, 6) is 0.961. The molecule has 7 nitrogen and oxygen atoms in total. The maximum Gasteiger partial charge on any atom is 0.321 e. The highest BCUT2D eigenvalue weighted by molar-refractivity contribution is 5.89. The van der Waals surface area contributed by atoms with E-state index < -0.39 is 0 Å². The molecule has 0 unspecified atom stereocenters. The summed E-state index contributed by atoms with van der Waals surface area (Å²) in [6.07, 6.45) is 0. The van der Waals surface area contributed by atoms with Crippen LogP contribution in [-0.4, -0.2) is 52.2 Å². The molecule has 1 aliphatic heterocycles. The predicted molar refractivity (Wildman–Crippen MR) is 116 cm³/mol. The van der Waals surface area contributed by atoms with Crippen LogP contribution in [0.4, 0.5) is 14.9 Å². The molecule has 1 saturated heterocycles. The molecule has 0 atom stereocenters. The first kappa shape index (κ1) is 21.0. The third-order valence-electron chi connectivity index (χ3n) is 5.39. The van der Waals surface area contributed by atoms with Gasteiger partial charge in [0.25, 0.3) is 5.89 Å². The zero-order chi connectivity index (χ0) is 21.8. The summed E-state index contributed by atoms with van der Waals surface area (Å²) in [5, 5.41) is 6.97. The SMILES string of the molecule is CC(C)c1ccc(NC(=O)N2CCN(Cc3noc(-c4cccc(F)c4)n3)CC2)cc1. The summed E-state index contributed by atoms with van der Waals surface area (Å²) in [7, 11) is 0. The number of anilines is 1. The van der Waals surface area contributed by atoms with Gasteiger partial charge in [-0.1, -0.05) is 37.2 Å². The summed E-state index contributed by atoms with van der Waals surface area (Å²) < 4.78 is 18.7. The number of halogens is 1. The van der Waals surface area contributed by atoms with E-state index in [9.17, 15) is 9.18 Å². The highest BCUT2D eigenvalue weighted by atomic mass is 19.1. The maximum atomic E-state index is 13.4. The molecular weight excluding hydrogens is 397 g/mol. The van der Waals surface area contributed by atoms with E-state index in [1.54, 1.807) is 17.0 Å². The molecule has 0 radical (unpaired) electrons. The number of carbonyl (C=O) groups excluding carboxylic acids is 1. The maximum absolute atomic E-state index is 13.4. The van der Waals surface area contributed by atoms with Gasteiger partial charge in [-0.2, -0.15) is 4.98 Å². The van der Waals surface area contributed by atoms with Crippen LogP contribution in [0.3, 0.4) is 0 Å². The fourth-order valence-electron chi connectivity index (χ4n) is 3.52. The summed E-state index contributed by atoms with van der Waals surface area (Å²) in [6, 6.07) is 14.0. The lowest BCUT2D eigenvalue weighted by atomic mass is 10.0. The van der Waals surface area contributed by atoms with Gasteiger partial charge in [-0.25, -0.2) is 9.18 Å². The molecule has 2 amide bonds. The smallest absolute Gasteiger partial charge is 0.321 e. The molecule has 0 saturated carbocycles. The average Bonchev–Trinajstić information content (AvgIpc) is 3.23. The van der Waals surface area contributed by atoms with Crippen molar-refractivity contribution in [2.45, 2.75) is 26.3 Å². The van der Waals surface area contributed by atoms with Crippen LogP contribution in [0.15, 0.2) is 53.1 Å². The Morgan fingerprint density at radius 3 is 2.55 bits per heavy atom. The fourth-order valence-corrected chi connectivity index (χ4v) is 3.52. The minimum Gasteiger partial charge on any atom is -0.334 e. The van der Waals surface area contributed by atoms with Crippen molar-refractivity contribution in [3.63, 3.8) is 0 Å². The highest BCUT2D eigenvalue weighted by Crippen LogP contribution is 2.19. The van der Waals surface area contributed by atoms with Gasteiger partial charge in [-0.3, -0.25) is 4.90 Å². The first-order valence-corrected chi connectivity index (χ1v) is 10.4. The molecule has 1 aromatic heterocycles. The molecule has 31 heavy (non-hydrogen) atoms. The van der Waals surface area contributed by atoms with Crippen molar-refractivity contribution in [2.75, 3.05) is 31.5 Å². The van der Waals surface area contributed by atoms with E-state index in [2.05, 4.69) is 34.2 Å².